The molecule has 7 heteroatoms. The molecule has 3 rings (SSSR count). The Morgan fingerprint density at radius 2 is 1.72 bits per heavy atom. The largest absolute Gasteiger partial charge is 0.310 e. The van der Waals surface area contributed by atoms with Gasteiger partial charge in [-0.2, -0.15) is 0 Å². The molecule has 152 valence electrons. The Kier molecular flexibility index (Phi) is 6.27. The van der Waals surface area contributed by atoms with Gasteiger partial charge < -0.3 is 4.90 Å². The molecule has 2 aromatic carbocycles. The first kappa shape index (κ1) is 20.9. The minimum atomic E-state index is -0.380. The van der Waals surface area contributed by atoms with E-state index < -0.39 is 0 Å². The van der Waals surface area contributed by atoms with Gasteiger partial charge in [0.15, 0.2) is 0 Å². The quantitative estimate of drug-likeness (QED) is 0.757. The molecular weight excluding hydrogens is 386 g/mol. The van der Waals surface area contributed by atoms with Gasteiger partial charge in [0.2, 0.25) is 11.8 Å². The lowest BCUT2D eigenvalue weighted by Gasteiger charge is -2.28. The van der Waals surface area contributed by atoms with Crippen molar-refractivity contribution in [1.82, 2.24) is 10.9 Å². The maximum absolute atomic E-state index is 12.2. The van der Waals surface area contributed by atoms with Crippen molar-refractivity contribution in [3.63, 3.8) is 0 Å². The summed E-state index contributed by atoms with van der Waals surface area (Å²) in [5, 5.41) is 0. The van der Waals surface area contributed by atoms with Crippen molar-refractivity contribution < 1.29 is 14.4 Å². The number of nitrogens with one attached hydrogen (secondary N) is 2. The van der Waals surface area contributed by atoms with Crippen LogP contribution in [0.15, 0.2) is 53.4 Å². The molecule has 0 atom stereocenters. The van der Waals surface area contributed by atoms with Crippen LogP contribution in [-0.4, -0.2) is 30.0 Å². The predicted molar refractivity (Wildman–Crippen MR) is 115 cm³/mol. The van der Waals surface area contributed by atoms with Crippen LogP contribution in [0.25, 0.3) is 0 Å². The average Bonchev–Trinajstić information content (AvgIpc) is 2.70. The minimum absolute atomic E-state index is 0.00618. The highest BCUT2D eigenvalue weighted by Crippen LogP contribution is 2.34. The zero-order valence-electron chi connectivity index (χ0n) is 16.8. The lowest BCUT2D eigenvalue weighted by molar-refractivity contribution is -0.121. The molecule has 0 fully saturated rings. The zero-order valence-corrected chi connectivity index (χ0v) is 17.6. The number of benzene rings is 2. The Bertz CT molecular complexity index is 920. The third-order valence-corrected chi connectivity index (χ3v) is 5.75. The molecule has 0 aliphatic carbocycles. The van der Waals surface area contributed by atoms with Crippen molar-refractivity contribution in [2.24, 2.45) is 0 Å². The van der Waals surface area contributed by atoms with Gasteiger partial charge in [0.05, 0.1) is 11.4 Å². The lowest BCUT2D eigenvalue weighted by atomic mass is 9.87. The molecule has 0 saturated carbocycles. The van der Waals surface area contributed by atoms with E-state index >= 15 is 0 Å². The van der Waals surface area contributed by atoms with E-state index in [-0.39, 0.29) is 36.1 Å². The second-order valence-electron chi connectivity index (χ2n) is 7.88. The molecule has 0 spiro atoms. The fraction of sp³-hybridized carbons (Fsp3) is 0.318. The number of hydrogen-bond donors (Lipinski definition) is 2. The van der Waals surface area contributed by atoms with Gasteiger partial charge in [0.25, 0.3) is 5.91 Å². The molecule has 0 radical (unpaired) electrons. The number of para-hydroxylation sites is 1. The van der Waals surface area contributed by atoms with Crippen LogP contribution in [0, 0.1) is 0 Å². The Morgan fingerprint density at radius 1 is 1.03 bits per heavy atom. The number of rotatable bonds is 4. The minimum Gasteiger partial charge on any atom is -0.310 e. The maximum Gasteiger partial charge on any atom is 0.269 e. The second-order valence-corrected chi connectivity index (χ2v) is 8.90. The summed E-state index contributed by atoms with van der Waals surface area (Å²) >= 11 is 1.50. The van der Waals surface area contributed by atoms with Crippen LogP contribution in [0.5, 0.6) is 0 Å². The molecule has 1 aliphatic rings. The number of anilines is 1. The van der Waals surface area contributed by atoms with Crippen LogP contribution in [0.1, 0.15) is 43.1 Å². The van der Waals surface area contributed by atoms with Crippen molar-refractivity contribution in [2.75, 3.05) is 17.2 Å². The molecule has 2 N–H and O–H groups in total. The summed E-state index contributed by atoms with van der Waals surface area (Å²) in [7, 11) is 0. The lowest BCUT2D eigenvalue weighted by Crippen LogP contribution is -2.44. The predicted octanol–water partition coefficient (Wildman–Crippen LogP) is 3.27. The summed E-state index contributed by atoms with van der Waals surface area (Å²) in [6.07, 6.45) is 0.0913. The van der Waals surface area contributed by atoms with E-state index in [0.29, 0.717) is 11.3 Å². The SMILES string of the molecule is CC(C)(C)c1ccc(C(=O)NNC(=O)CCN2C(=O)CSc3ccccc32)cc1. The van der Waals surface area contributed by atoms with Crippen molar-refractivity contribution in [3.05, 3.63) is 59.7 Å². The number of hydrogen-bond acceptors (Lipinski definition) is 4. The van der Waals surface area contributed by atoms with Crippen LogP contribution in [-0.2, 0) is 15.0 Å². The number of fused-ring (bicyclic) bond motifs is 1. The van der Waals surface area contributed by atoms with Crippen molar-refractivity contribution >= 4 is 35.2 Å². The summed E-state index contributed by atoms with van der Waals surface area (Å²) in [6, 6.07) is 14.9. The Hall–Kier alpha value is -2.80. The number of amides is 3. The van der Waals surface area contributed by atoms with E-state index in [1.807, 2.05) is 36.4 Å². The number of carbonyl (C=O) groups is 3. The van der Waals surface area contributed by atoms with Crippen LogP contribution in [0.2, 0.25) is 0 Å². The van der Waals surface area contributed by atoms with Gasteiger partial charge in [-0.1, -0.05) is 45.0 Å². The summed E-state index contributed by atoms with van der Waals surface area (Å²) in [4.78, 5) is 39.3. The van der Waals surface area contributed by atoms with Crippen LogP contribution in [0.4, 0.5) is 5.69 Å². The van der Waals surface area contributed by atoms with Crippen LogP contribution < -0.4 is 15.8 Å². The molecular formula is C22H25N3O3S. The van der Waals surface area contributed by atoms with Crippen LogP contribution >= 0.6 is 11.8 Å². The molecule has 29 heavy (non-hydrogen) atoms. The van der Waals surface area contributed by atoms with Gasteiger partial charge in [-0.25, -0.2) is 0 Å². The number of thioether (sulfide) groups is 1. The van der Waals surface area contributed by atoms with Gasteiger partial charge >= 0.3 is 0 Å². The molecule has 6 nitrogen and oxygen atoms in total. The number of nitrogens with zero attached hydrogens (tertiary/aromatic N) is 1. The molecule has 1 heterocycles. The van der Waals surface area contributed by atoms with E-state index in [2.05, 4.69) is 31.6 Å². The van der Waals surface area contributed by atoms with E-state index in [1.165, 1.54) is 11.8 Å². The highest BCUT2D eigenvalue weighted by atomic mass is 32.2. The molecule has 0 bridgehead atoms. The fourth-order valence-electron chi connectivity index (χ4n) is 3.00. The Morgan fingerprint density at radius 3 is 2.41 bits per heavy atom. The molecule has 2 aromatic rings. The molecule has 0 aromatic heterocycles. The van der Waals surface area contributed by atoms with E-state index in [4.69, 9.17) is 0 Å². The van der Waals surface area contributed by atoms with Crippen molar-refractivity contribution in [3.8, 4) is 0 Å². The van der Waals surface area contributed by atoms with E-state index in [1.54, 1.807) is 17.0 Å². The molecule has 0 unspecified atom stereocenters. The topological polar surface area (TPSA) is 78.5 Å². The smallest absolute Gasteiger partial charge is 0.269 e. The van der Waals surface area contributed by atoms with Crippen molar-refractivity contribution in [2.45, 2.75) is 37.5 Å². The standard InChI is InChI=1S/C22H25N3O3S/c1-22(2,3)16-10-8-15(9-11-16)21(28)24-23-19(26)12-13-25-17-6-4-5-7-18(17)29-14-20(25)27/h4-11H,12-14H2,1-3H3,(H,23,26)(H,24,28). The fourth-order valence-corrected chi connectivity index (χ4v) is 3.93. The zero-order chi connectivity index (χ0) is 21.0. The summed E-state index contributed by atoms with van der Waals surface area (Å²) in [5.74, 6) is -0.396. The highest BCUT2D eigenvalue weighted by molar-refractivity contribution is 8.00. The summed E-state index contributed by atoms with van der Waals surface area (Å²) < 4.78 is 0. The second kappa shape index (κ2) is 8.69. The first-order valence-corrected chi connectivity index (χ1v) is 10.5. The Labute approximate surface area is 175 Å². The average molecular weight is 412 g/mol. The highest BCUT2D eigenvalue weighted by Gasteiger charge is 2.24. The number of carbonyl (C=O) groups excluding carboxylic acids is 3. The van der Waals surface area contributed by atoms with E-state index in [0.717, 1.165) is 16.1 Å². The molecule has 3 amide bonds. The number of hydrazine groups is 1. The van der Waals surface area contributed by atoms with Gasteiger partial charge in [-0.05, 0) is 35.2 Å². The van der Waals surface area contributed by atoms with Gasteiger partial charge in [0, 0.05) is 23.4 Å². The van der Waals surface area contributed by atoms with Crippen LogP contribution in [0.3, 0.4) is 0 Å². The first-order valence-electron chi connectivity index (χ1n) is 9.47. The first-order chi connectivity index (χ1) is 13.8. The van der Waals surface area contributed by atoms with Gasteiger partial charge in [-0.15, -0.1) is 11.8 Å². The van der Waals surface area contributed by atoms with Gasteiger partial charge in [0.1, 0.15) is 0 Å². The third-order valence-electron chi connectivity index (χ3n) is 4.70. The normalized spacial score (nSPS) is 13.6. The molecule has 1 aliphatic heterocycles. The maximum atomic E-state index is 12.2. The monoisotopic (exact) mass is 411 g/mol. The Balaban J connectivity index is 1.51. The summed E-state index contributed by atoms with van der Waals surface area (Å²) in [5.41, 5.74) is 7.28. The van der Waals surface area contributed by atoms with Crippen molar-refractivity contribution in [1.29, 1.82) is 0 Å². The molecule has 0 saturated heterocycles. The van der Waals surface area contributed by atoms with Gasteiger partial charge in [-0.3, -0.25) is 25.2 Å². The summed E-state index contributed by atoms with van der Waals surface area (Å²) in [6.45, 7) is 6.57. The van der Waals surface area contributed by atoms with E-state index in [9.17, 15) is 14.4 Å². The third kappa shape index (κ3) is 5.17.